The van der Waals surface area contributed by atoms with Crippen molar-refractivity contribution in [2.45, 2.75) is 19.4 Å². The van der Waals surface area contributed by atoms with E-state index in [-0.39, 0.29) is 31.2 Å². The molecular formula is C20H22N2O5. The smallest absolute Gasteiger partial charge is 0.341 e. The molecule has 0 fully saturated rings. The molecule has 0 saturated carbocycles. The van der Waals surface area contributed by atoms with Crippen molar-refractivity contribution in [2.75, 3.05) is 13.2 Å². The van der Waals surface area contributed by atoms with Crippen LogP contribution in [0, 0.1) is 0 Å². The van der Waals surface area contributed by atoms with Crippen molar-refractivity contribution < 1.29 is 24.2 Å². The summed E-state index contributed by atoms with van der Waals surface area (Å²) in [6, 6.07) is 16.2. The molecule has 142 valence electrons. The number of aliphatic carboxylic acids is 1. The van der Waals surface area contributed by atoms with Gasteiger partial charge in [0.2, 0.25) is 11.8 Å². The molecule has 0 unspecified atom stereocenters. The van der Waals surface area contributed by atoms with Crippen LogP contribution in [-0.4, -0.2) is 36.0 Å². The number of carbonyl (C=O) groups excluding carboxylic acids is 2. The predicted molar refractivity (Wildman–Crippen MR) is 99.2 cm³/mol. The van der Waals surface area contributed by atoms with E-state index < -0.39 is 12.6 Å². The number of carboxylic acid groups (broad SMARTS) is 1. The van der Waals surface area contributed by atoms with Gasteiger partial charge >= 0.3 is 5.97 Å². The zero-order chi connectivity index (χ0) is 19.5. The number of nitrogens with one attached hydrogen (secondary N) is 2. The van der Waals surface area contributed by atoms with Gasteiger partial charge in [-0.25, -0.2) is 4.79 Å². The first kappa shape index (κ1) is 20.0. The summed E-state index contributed by atoms with van der Waals surface area (Å²) in [4.78, 5) is 34.2. The Bertz CT molecular complexity index is 777. The minimum absolute atomic E-state index is 0.128. The van der Waals surface area contributed by atoms with Crippen LogP contribution in [0.5, 0.6) is 5.75 Å². The second-order valence-corrected chi connectivity index (χ2v) is 5.87. The van der Waals surface area contributed by atoms with E-state index in [1.807, 2.05) is 30.3 Å². The second kappa shape index (κ2) is 10.6. The SMILES string of the molecule is O=C(O)COc1cccc(CNC(=O)CCNC(=O)Cc2ccccc2)c1. The highest BCUT2D eigenvalue weighted by Crippen LogP contribution is 2.13. The van der Waals surface area contributed by atoms with Gasteiger partial charge in [-0.15, -0.1) is 0 Å². The Morgan fingerprint density at radius 2 is 1.63 bits per heavy atom. The third-order valence-corrected chi connectivity index (χ3v) is 3.63. The van der Waals surface area contributed by atoms with Gasteiger partial charge in [0.1, 0.15) is 5.75 Å². The van der Waals surface area contributed by atoms with Gasteiger partial charge in [-0.2, -0.15) is 0 Å². The fraction of sp³-hybridized carbons (Fsp3) is 0.250. The zero-order valence-corrected chi connectivity index (χ0v) is 14.8. The van der Waals surface area contributed by atoms with Crippen LogP contribution in [-0.2, 0) is 27.3 Å². The van der Waals surface area contributed by atoms with Crippen LogP contribution in [0.1, 0.15) is 17.5 Å². The number of carbonyl (C=O) groups is 3. The Hall–Kier alpha value is -3.35. The molecule has 0 saturated heterocycles. The normalized spacial score (nSPS) is 10.1. The topological polar surface area (TPSA) is 105 Å². The molecule has 7 nitrogen and oxygen atoms in total. The van der Waals surface area contributed by atoms with Crippen LogP contribution >= 0.6 is 0 Å². The summed E-state index contributed by atoms with van der Waals surface area (Å²) in [5.74, 6) is -0.940. The molecule has 2 amide bonds. The highest BCUT2D eigenvalue weighted by molar-refractivity contribution is 5.80. The van der Waals surface area contributed by atoms with Gasteiger partial charge in [-0.3, -0.25) is 9.59 Å². The van der Waals surface area contributed by atoms with Crippen molar-refractivity contribution in [3.63, 3.8) is 0 Å². The Morgan fingerprint density at radius 3 is 2.37 bits per heavy atom. The maximum absolute atomic E-state index is 11.9. The van der Waals surface area contributed by atoms with Gasteiger partial charge in [-0.05, 0) is 23.3 Å². The highest BCUT2D eigenvalue weighted by Gasteiger charge is 2.06. The molecule has 0 aromatic heterocycles. The van der Waals surface area contributed by atoms with Crippen molar-refractivity contribution in [3.8, 4) is 5.75 Å². The lowest BCUT2D eigenvalue weighted by Crippen LogP contribution is -2.31. The van der Waals surface area contributed by atoms with Gasteiger partial charge < -0.3 is 20.5 Å². The number of ether oxygens (including phenoxy) is 1. The molecule has 0 aliphatic heterocycles. The summed E-state index contributed by atoms with van der Waals surface area (Å²) in [5, 5.41) is 14.1. The molecule has 3 N–H and O–H groups in total. The van der Waals surface area contributed by atoms with Crippen LogP contribution in [0.25, 0.3) is 0 Å². The van der Waals surface area contributed by atoms with Gasteiger partial charge in [0.25, 0.3) is 0 Å². The maximum atomic E-state index is 11.9. The van der Waals surface area contributed by atoms with E-state index in [4.69, 9.17) is 9.84 Å². The Balaban J connectivity index is 1.66. The molecular weight excluding hydrogens is 348 g/mol. The van der Waals surface area contributed by atoms with E-state index in [1.165, 1.54) is 0 Å². The minimum atomic E-state index is -1.05. The van der Waals surface area contributed by atoms with Crippen LogP contribution in [0.3, 0.4) is 0 Å². The average molecular weight is 370 g/mol. The van der Waals surface area contributed by atoms with E-state index in [2.05, 4.69) is 10.6 Å². The monoisotopic (exact) mass is 370 g/mol. The molecule has 27 heavy (non-hydrogen) atoms. The van der Waals surface area contributed by atoms with E-state index in [1.54, 1.807) is 24.3 Å². The Morgan fingerprint density at radius 1 is 0.889 bits per heavy atom. The van der Waals surface area contributed by atoms with Crippen LogP contribution in [0.2, 0.25) is 0 Å². The molecule has 2 rings (SSSR count). The lowest BCUT2D eigenvalue weighted by Gasteiger charge is -2.09. The van der Waals surface area contributed by atoms with Gasteiger partial charge in [0, 0.05) is 19.5 Å². The van der Waals surface area contributed by atoms with Crippen molar-refractivity contribution in [1.82, 2.24) is 10.6 Å². The second-order valence-electron chi connectivity index (χ2n) is 5.87. The summed E-state index contributed by atoms with van der Waals surface area (Å²) in [6.07, 6.45) is 0.460. The number of rotatable bonds is 10. The largest absolute Gasteiger partial charge is 0.482 e. The lowest BCUT2D eigenvalue weighted by molar-refractivity contribution is -0.139. The van der Waals surface area contributed by atoms with E-state index >= 15 is 0 Å². The van der Waals surface area contributed by atoms with Crippen molar-refractivity contribution in [1.29, 1.82) is 0 Å². The standard InChI is InChI=1S/C20H22N2O5/c23-18(9-10-21-19(24)12-15-5-2-1-3-6-15)22-13-16-7-4-8-17(11-16)27-14-20(25)26/h1-8,11H,9-10,12-14H2,(H,21,24)(H,22,23)(H,25,26). The average Bonchev–Trinajstić information content (AvgIpc) is 2.66. The van der Waals surface area contributed by atoms with E-state index in [9.17, 15) is 14.4 Å². The minimum Gasteiger partial charge on any atom is -0.482 e. The molecule has 0 aliphatic rings. The Labute approximate surface area is 157 Å². The number of carboxylic acids is 1. The zero-order valence-electron chi connectivity index (χ0n) is 14.8. The summed E-state index contributed by atoms with van der Waals surface area (Å²) >= 11 is 0. The predicted octanol–water partition coefficient (Wildman–Crippen LogP) is 1.52. The maximum Gasteiger partial charge on any atom is 0.341 e. The van der Waals surface area contributed by atoms with Crippen molar-refractivity contribution >= 4 is 17.8 Å². The molecule has 2 aromatic carbocycles. The fourth-order valence-electron chi connectivity index (χ4n) is 2.34. The van der Waals surface area contributed by atoms with Gasteiger partial charge in [0.15, 0.2) is 6.61 Å². The molecule has 0 spiro atoms. The van der Waals surface area contributed by atoms with E-state index in [0.717, 1.165) is 11.1 Å². The van der Waals surface area contributed by atoms with Crippen LogP contribution < -0.4 is 15.4 Å². The summed E-state index contributed by atoms with van der Waals surface area (Å²) in [5.41, 5.74) is 1.71. The molecule has 0 heterocycles. The molecule has 0 bridgehead atoms. The third-order valence-electron chi connectivity index (χ3n) is 3.63. The molecule has 0 radical (unpaired) electrons. The van der Waals surface area contributed by atoms with Crippen molar-refractivity contribution in [3.05, 3.63) is 65.7 Å². The molecule has 7 heteroatoms. The molecule has 0 aliphatic carbocycles. The van der Waals surface area contributed by atoms with Gasteiger partial charge in [0.05, 0.1) is 6.42 Å². The van der Waals surface area contributed by atoms with Crippen molar-refractivity contribution in [2.24, 2.45) is 0 Å². The Kier molecular flexibility index (Phi) is 7.84. The number of benzene rings is 2. The number of amides is 2. The first-order chi connectivity index (χ1) is 13.0. The van der Waals surface area contributed by atoms with Gasteiger partial charge in [-0.1, -0.05) is 42.5 Å². The third kappa shape index (κ3) is 8.04. The first-order valence-electron chi connectivity index (χ1n) is 8.54. The fourth-order valence-corrected chi connectivity index (χ4v) is 2.34. The number of hydrogen-bond acceptors (Lipinski definition) is 4. The summed E-state index contributed by atoms with van der Waals surface area (Å²) < 4.78 is 5.10. The summed E-state index contributed by atoms with van der Waals surface area (Å²) in [7, 11) is 0. The lowest BCUT2D eigenvalue weighted by atomic mass is 10.1. The summed E-state index contributed by atoms with van der Waals surface area (Å²) in [6.45, 7) is 0.138. The quantitative estimate of drug-likeness (QED) is 0.588. The van der Waals surface area contributed by atoms with Crippen LogP contribution in [0.15, 0.2) is 54.6 Å². The molecule has 0 atom stereocenters. The highest BCUT2D eigenvalue weighted by atomic mass is 16.5. The number of hydrogen-bond donors (Lipinski definition) is 3. The van der Waals surface area contributed by atoms with Crippen LogP contribution in [0.4, 0.5) is 0 Å². The van der Waals surface area contributed by atoms with E-state index in [0.29, 0.717) is 12.3 Å². The first-order valence-corrected chi connectivity index (χ1v) is 8.54. The molecule has 2 aromatic rings.